The number of carbonyl (C=O) groups excluding carboxylic acids is 2. The molecule has 1 heterocycles. The van der Waals surface area contributed by atoms with Crippen LogP contribution in [-0.2, 0) is 24.1 Å². The maximum Gasteiger partial charge on any atom is 0.416 e. The third-order valence-electron chi connectivity index (χ3n) is 4.37. The Bertz CT molecular complexity index is 1000. The summed E-state index contributed by atoms with van der Waals surface area (Å²) in [6.45, 7) is 0.539. The maximum absolute atomic E-state index is 12.6. The SMILES string of the molecule is O=C(CNC(=O)c1ccc(C(F)(F)F)cc1)NCc1ccccc1Cn1cccn1. The van der Waals surface area contributed by atoms with Gasteiger partial charge in [0.25, 0.3) is 5.91 Å². The Morgan fingerprint density at radius 3 is 2.27 bits per heavy atom. The van der Waals surface area contributed by atoms with Crippen LogP contribution in [0.4, 0.5) is 13.2 Å². The Morgan fingerprint density at radius 1 is 0.933 bits per heavy atom. The van der Waals surface area contributed by atoms with Crippen molar-refractivity contribution in [3.05, 3.63) is 89.2 Å². The summed E-state index contributed by atoms with van der Waals surface area (Å²) in [5.74, 6) is -1.04. The van der Waals surface area contributed by atoms with Crippen molar-refractivity contribution in [2.24, 2.45) is 0 Å². The van der Waals surface area contributed by atoms with E-state index >= 15 is 0 Å². The summed E-state index contributed by atoms with van der Waals surface area (Å²) in [5, 5.41) is 9.28. The number of amides is 2. The normalized spacial score (nSPS) is 11.2. The van der Waals surface area contributed by atoms with Crippen molar-refractivity contribution in [3.8, 4) is 0 Å². The van der Waals surface area contributed by atoms with E-state index in [1.54, 1.807) is 10.9 Å². The molecule has 0 aliphatic rings. The molecule has 6 nitrogen and oxygen atoms in total. The van der Waals surface area contributed by atoms with E-state index in [0.717, 1.165) is 35.4 Å². The minimum Gasteiger partial charge on any atom is -0.350 e. The van der Waals surface area contributed by atoms with E-state index in [1.165, 1.54) is 0 Å². The monoisotopic (exact) mass is 416 g/mol. The molecule has 2 N–H and O–H groups in total. The van der Waals surface area contributed by atoms with E-state index < -0.39 is 23.6 Å². The second kappa shape index (κ2) is 9.25. The van der Waals surface area contributed by atoms with Gasteiger partial charge in [-0.1, -0.05) is 24.3 Å². The number of nitrogens with one attached hydrogen (secondary N) is 2. The fraction of sp³-hybridized carbons (Fsp3) is 0.190. The molecule has 0 fully saturated rings. The molecule has 0 aliphatic carbocycles. The molecule has 3 rings (SSSR count). The molecule has 0 unspecified atom stereocenters. The number of alkyl halides is 3. The lowest BCUT2D eigenvalue weighted by Gasteiger charge is -2.12. The largest absolute Gasteiger partial charge is 0.416 e. The summed E-state index contributed by atoms with van der Waals surface area (Å²) < 4.78 is 39.5. The second-order valence-corrected chi connectivity index (χ2v) is 6.51. The van der Waals surface area contributed by atoms with Gasteiger partial charge in [-0.15, -0.1) is 0 Å². The summed E-state index contributed by atoms with van der Waals surface area (Å²) in [4.78, 5) is 24.1. The maximum atomic E-state index is 12.6. The third kappa shape index (κ3) is 5.69. The molecule has 2 aromatic carbocycles. The number of nitrogens with zero attached hydrogens (tertiary/aromatic N) is 2. The first-order valence-corrected chi connectivity index (χ1v) is 9.09. The number of halogens is 3. The Balaban J connectivity index is 1.50. The van der Waals surface area contributed by atoms with E-state index in [9.17, 15) is 22.8 Å². The fourth-order valence-electron chi connectivity index (χ4n) is 2.78. The van der Waals surface area contributed by atoms with Crippen LogP contribution in [0.1, 0.15) is 27.0 Å². The first-order valence-electron chi connectivity index (χ1n) is 9.09. The van der Waals surface area contributed by atoms with E-state index in [0.29, 0.717) is 6.54 Å². The summed E-state index contributed by atoms with van der Waals surface area (Å²) >= 11 is 0. The highest BCUT2D eigenvalue weighted by atomic mass is 19.4. The minimum atomic E-state index is -4.47. The molecule has 3 aromatic rings. The molecule has 0 saturated heterocycles. The van der Waals surface area contributed by atoms with Gasteiger partial charge < -0.3 is 10.6 Å². The van der Waals surface area contributed by atoms with Crippen LogP contribution in [0.2, 0.25) is 0 Å². The van der Waals surface area contributed by atoms with E-state index in [1.807, 2.05) is 36.5 Å². The van der Waals surface area contributed by atoms with Crippen LogP contribution in [0, 0.1) is 0 Å². The van der Waals surface area contributed by atoms with Gasteiger partial charge in [-0.05, 0) is 41.5 Å². The lowest BCUT2D eigenvalue weighted by Crippen LogP contribution is -2.36. The standard InChI is InChI=1S/C21H19F3N4O2/c22-21(23,24)18-8-6-15(7-9-18)20(30)26-13-19(29)25-12-16-4-1-2-5-17(16)14-28-11-3-10-27-28/h1-11H,12-14H2,(H,25,29)(H,26,30). The Hall–Kier alpha value is -3.62. The molecule has 0 spiro atoms. The average molecular weight is 416 g/mol. The summed E-state index contributed by atoms with van der Waals surface area (Å²) in [5.41, 5.74) is 1.11. The van der Waals surface area contributed by atoms with Gasteiger partial charge in [0.05, 0.1) is 18.7 Å². The van der Waals surface area contributed by atoms with Gasteiger partial charge in [0.15, 0.2) is 0 Å². The van der Waals surface area contributed by atoms with Crippen molar-refractivity contribution in [1.82, 2.24) is 20.4 Å². The number of carbonyl (C=O) groups is 2. The number of hydrogen-bond donors (Lipinski definition) is 2. The van der Waals surface area contributed by atoms with Crippen molar-refractivity contribution in [3.63, 3.8) is 0 Å². The lowest BCUT2D eigenvalue weighted by molar-refractivity contribution is -0.137. The minimum absolute atomic E-state index is 0.0420. The smallest absolute Gasteiger partial charge is 0.350 e. The van der Waals surface area contributed by atoms with E-state index in [4.69, 9.17) is 0 Å². The van der Waals surface area contributed by atoms with Crippen LogP contribution in [0.25, 0.3) is 0 Å². The molecule has 30 heavy (non-hydrogen) atoms. The molecular formula is C21H19F3N4O2. The first-order chi connectivity index (χ1) is 14.3. The first kappa shape index (κ1) is 21.1. The highest BCUT2D eigenvalue weighted by Crippen LogP contribution is 2.29. The summed E-state index contributed by atoms with van der Waals surface area (Å²) in [6.07, 6.45) is -0.946. The number of aromatic nitrogens is 2. The van der Waals surface area contributed by atoms with Gasteiger partial charge in [-0.25, -0.2) is 0 Å². The molecule has 2 amide bonds. The Labute approximate surface area is 170 Å². The van der Waals surface area contributed by atoms with E-state index in [2.05, 4.69) is 15.7 Å². The topological polar surface area (TPSA) is 76.0 Å². The zero-order valence-corrected chi connectivity index (χ0v) is 15.8. The Morgan fingerprint density at radius 2 is 1.63 bits per heavy atom. The third-order valence-corrected chi connectivity index (χ3v) is 4.37. The van der Waals surface area contributed by atoms with Gasteiger partial charge in [0.1, 0.15) is 0 Å². The average Bonchev–Trinajstić information content (AvgIpc) is 3.24. The van der Waals surface area contributed by atoms with Crippen LogP contribution in [0.5, 0.6) is 0 Å². The highest BCUT2D eigenvalue weighted by Gasteiger charge is 2.30. The highest BCUT2D eigenvalue weighted by molar-refractivity contribution is 5.96. The van der Waals surface area contributed by atoms with Gasteiger partial charge in [-0.2, -0.15) is 18.3 Å². The second-order valence-electron chi connectivity index (χ2n) is 6.51. The van der Waals surface area contributed by atoms with Crippen LogP contribution in [-0.4, -0.2) is 28.1 Å². The Kier molecular flexibility index (Phi) is 6.51. The van der Waals surface area contributed by atoms with Crippen molar-refractivity contribution in [1.29, 1.82) is 0 Å². The molecule has 0 aliphatic heterocycles. The fourth-order valence-corrected chi connectivity index (χ4v) is 2.78. The van der Waals surface area contributed by atoms with Gasteiger partial charge in [0.2, 0.25) is 5.91 Å². The predicted octanol–water partition coefficient (Wildman–Crippen LogP) is 3.00. The molecule has 1 aromatic heterocycles. The molecule has 9 heteroatoms. The lowest BCUT2D eigenvalue weighted by atomic mass is 10.1. The van der Waals surface area contributed by atoms with Crippen LogP contribution >= 0.6 is 0 Å². The van der Waals surface area contributed by atoms with Gasteiger partial charge >= 0.3 is 6.18 Å². The zero-order valence-electron chi connectivity index (χ0n) is 15.8. The number of benzene rings is 2. The summed E-state index contributed by atoms with van der Waals surface area (Å²) in [6, 6.07) is 13.2. The van der Waals surface area contributed by atoms with Gasteiger partial charge in [0, 0.05) is 24.5 Å². The van der Waals surface area contributed by atoms with E-state index in [-0.39, 0.29) is 18.7 Å². The number of hydrogen-bond acceptors (Lipinski definition) is 3. The van der Waals surface area contributed by atoms with Crippen molar-refractivity contribution >= 4 is 11.8 Å². The number of rotatable bonds is 7. The van der Waals surface area contributed by atoms with Crippen molar-refractivity contribution in [2.75, 3.05) is 6.54 Å². The predicted molar refractivity (Wildman–Crippen MR) is 103 cm³/mol. The molecule has 0 bridgehead atoms. The molecule has 0 radical (unpaired) electrons. The molecule has 0 saturated carbocycles. The van der Waals surface area contributed by atoms with Gasteiger partial charge in [-0.3, -0.25) is 14.3 Å². The van der Waals surface area contributed by atoms with Crippen molar-refractivity contribution < 1.29 is 22.8 Å². The van der Waals surface area contributed by atoms with Crippen LogP contribution in [0.15, 0.2) is 67.0 Å². The summed E-state index contributed by atoms with van der Waals surface area (Å²) in [7, 11) is 0. The van der Waals surface area contributed by atoms with Crippen molar-refractivity contribution in [2.45, 2.75) is 19.3 Å². The zero-order chi connectivity index (χ0) is 21.6. The van der Waals surface area contributed by atoms with Crippen LogP contribution < -0.4 is 10.6 Å². The quantitative estimate of drug-likeness (QED) is 0.622. The molecule has 156 valence electrons. The van der Waals surface area contributed by atoms with Crippen LogP contribution in [0.3, 0.4) is 0 Å². The molecule has 0 atom stereocenters. The molecular weight excluding hydrogens is 397 g/mol.